The lowest BCUT2D eigenvalue weighted by Crippen LogP contribution is -2.45. The number of nitrogens with zero attached hydrogens (tertiary/aromatic N) is 1. The minimum absolute atomic E-state index is 0.00754. The number of hydrogen-bond acceptors (Lipinski definition) is 4. The second kappa shape index (κ2) is 7.94. The van der Waals surface area contributed by atoms with E-state index in [0.717, 1.165) is 26.1 Å². The van der Waals surface area contributed by atoms with E-state index in [4.69, 9.17) is 9.47 Å². The number of hydrogen-bond donors (Lipinski definition) is 1. The van der Waals surface area contributed by atoms with E-state index < -0.39 is 0 Å². The monoisotopic (exact) mass is 388 g/mol. The molecule has 2 fully saturated rings. The summed E-state index contributed by atoms with van der Waals surface area (Å²) in [4.78, 5) is 15.3. The molecule has 0 saturated heterocycles. The Morgan fingerprint density at radius 3 is 2.54 bits per heavy atom. The average Bonchev–Trinajstić information content (AvgIpc) is 2.99. The molecule has 4 atom stereocenters. The molecule has 28 heavy (non-hydrogen) atoms. The van der Waals surface area contributed by atoms with E-state index in [2.05, 4.69) is 44.8 Å². The largest absolute Gasteiger partial charge is 0.495 e. The summed E-state index contributed by atoms with van der Waals surface area (Å²) in [6.45, 7) is 14.5. The Morgan fingerprint density at radius 2 is 1.89 bits per heavy atom. The first-order valence-corrected chi connectivity index (χ1v) is 10.6. The van der Waals surface area contributed by atoms with Crippen molar-refractivity contribution in [3.63, 3.8) is 0 Å². The highest BCUT2D eigenvalue weighted by Crippen LogP contribution is 2.68. The smallest absolute Gasteiger partial charge is 0.412 e. The molecule has 2 aliphatic carbocycles. The van der Waals surface area contributed by atoms with E-state index in [-0.39, 0.29) is 23.0 Å². The molecule has 156 valence electrons. The van der Waals surface area contributed by atoms with Crippen LogP contribution in [-0.4, -0.2) is 43.8 Å². The van der Waals surface area contributed by atoms with E-state index in [0.29, 0.717) is 23.3 Å². The van der Waals surface area contributed by atoms with E-state index in [9.17, 15) is 4.79 Å². The van der Waals surface area contributed by atoms with Gasteiger partial charge in [-0.2, -0.15) is 0 Å². The normalized spacial score (nSPS) is 30.5. The van der Waals surface area contributed by atoms with Crippen molar-refractivity contribution in [3.8, 4) is 5.75 Å². The number of carbonyl (C=O) groups excluding carboxylic acids is 1. The summed E-state index contributed by atoms with van der Waals surface area (Å²) in [7, 11) is 1.60. The maximum Gasteiger partial charge on any atom is 0.412 e. The van der Waals surface area contributed by atoms with Gasteiger partial charge in [-0.15, -0.1) is 0 Å². The number of fused-ring (bicyclic) bond motifs is 2. The molecule has 5 nitrogen and oxygen atoms in total. The van der Waals surface area contributed by atoms with Crippen LogP contribution in [0, 0.1) is 22.7 Å². The summed E-state index contributed by atoms with van der Waals surface area (Å²) in [5, 5.41) is 2.89. The van der Waals surface area contributed by atoms with Gasteiger partial charge < -0.3 is 14.4 Å². The predicted molar refractivity (Wildman–Crippen MR) is 113 cm³/mol. The van der Waals surface area contributed by atoms with E-state index >= 15 is 0 Å². The van der Waals surface area contributed by atoms with Crippen molar-refractivity contribution in [2.45, 2.75) is 53.6 Å². The quantitative estimate of drug-likeness (QED) is 0.712. The van der Waals surface area contributed by atoms with Gasteiger partial charge in [0.1, 0.15) is 11.9 Å². The van der Waals surface area contributed by atoms with Crippen LogP contribution in [0.3, 0.4) is 0 Å². The van der Waals surface area contributed by atoms with Crippen LogP contribution in [0.4, 0.5) is 10.5 Å². The molecule has 0 spiro atoms. The Bertz CT molecular complexity index is 701. The van der Waals surface area contributed by atoms with Crippen LogP contribution in [0.2, 0.25) is 0 Å². The minimum atomic E-state index is -0.386. The molecule has 0 radical (unpaired) electrons. The molecule has 2 aliphatic rings. The van der Waals surface area contributed by atoms with Gasteiger partial charge in [0.25, 0.3) is 0 Å². The topological polar surface area (TPSA) is 50.8 Å². The van der Waals surface area contributed by atoms with Crippen LogP contribution < -0.4 is 10.1 Å². The highest BCUT2D eigenvalue weighted by molar-refractivity contribution is 5.86. The molecule has 0 aromatic heterocycles. The standard InChI is InChI=1S/C23H36N2O3/c1-7-25(8-2)15-16-17-13-14-23(5,22(17,3)4)20(16)28-21(26)24-18-11-9-10-12-19(18)27-6/h9-12,16-17,20H,7-8,13-15H2,1-6H3,(H,24,26). The van der Waals surface area contributed by atoms with E-state index in [1.165, 1.54) is 6.42 Å². The third-order valence-electron chi connectivity index (χ3n) is 7.85. The molecule has 3 rings (SSSR count). The van der Waals surface area contributed by atoms with E-state index in [1.807, 2.05) is 24.3 Å². The molecule has 1 amide bonds. The van der Waals surface area contributed by atoms with Gasteiger partial charge in [0.05, 0.1) is 12.8 Å². The second-order valence-corrected chi connectivity index (χ2v) is 9.09. The first-order valence-electron chi connectivity index (χ1n) is 10.6. The molecule has 2 bridgehead atoms. The van der Waals surface area contributed by atoms with Gasteiger partial charge in [-0.1, -0.05) is 46.8 Å². The molecule has 0 heterocycles. The molecule has 1 aromatic carbocycles. The SMILES string of the molecule is CCN(CC)CC1C2CCC(C)(C1OC(=O)Nc1ccccc1OC)C2(C)C. The molecular formula is C23H36N2O3. The van der Waals surface area contributed by atoms with Crippen LogP contribution in [0.5, 0.6) is 5.75 Å². The van der Waals surface area contributed by atoms with Crippen LogP contribution >= 0.6 is 0 Å². The van der Waals surface area contributed by atoms with Crippen LogP contribution in [0.25, 0.3) is 0 Å². The molecule has 1 aromatic rings. The number of carbonyl (C=O) groups is 1. The van der Waals surface area contributed by atoms with Crippen molar-refractivity contribution in [1.29, 1.82) is 0 Å². The summed E-state index contributed by atoms with van der Waals surface area (Å²) in [6, 6.07) is 7.43. The van der Waals surface area contributed by atoms with Gasteiger partial charge in [-0.05, 0) is 49.4 Å². The van der Waals surface area contributed by atoms with Crippen molar-refractivity contribution in [3.05, 3.63) is 24.3 Å². The number of anilines is 1. The van der Waals surface area contributed by atoms with Crippen LogP contribution in [-0.2, 0) is 4.74 Å². The van der Waals surface area contributed by atoms with Gasteiger partial charge in [-0.3, -0.25) is 5.32 Å². The lowest BCUT2D eigenvalue weighted by Gasteiger charge is -2.40. The number of ether oxygens (including phenoxy) is 2. The Kier molecular flexibility index (Phi) is 5.95. The van der Waals surface area contributed by atoms with Crippen molar-refractivity contribution in [1.82, 2.24) is 4.90 Å². The number of para-hydroxylation sites is 2. The molecule has 5 heteroatoms. The number of methoxy groups -OCH3 is 1. The Morgan fingerprint density at radius 1 is 1.21 bits per heavy atom. The fourth-order valence-electron chi connectivity index (χ4n) is 5.73. The first kappa shape index (κ1) is 21.0. The van der Waals surface area contributed by atoms with Gasteiger partial charge >= 0.3 is 6.09 Å². The summed E-state index contributed by atoms with van der Waals surface area (Å²) < 4.78 is 11.5. The molecule has 4 unspecified atom stereocenters. The predicted octanol–water partition coefficient (Wildman–Crippen LogP) is 5.03. The van der Waals surface area contributed by atoms with Gasteiger partial charge in [0.15, 0.2) is 0 Å². The molecular weight excluding hydrogens is 352 g/mol. The van der Waals surface area contributed by atoms with Crippen LogP contribution in [0.1, 0.15) is 47.5 Å². The summed E-state index contributed by atoms with van der Waals surface area (Å²) in [5.74, 6) is 1.60. The van der Waals surface area contributed by atoms with Crippen molar-refractivity contribution in [2.75, 3.05) is 32.1 Å². The van der Waals surface area contributed by atoms with Crippen molar-refractivity contribution in [2.24, 2.45) is 22.7 Å². The molecule has 0 aliphatic heterocycles. The lowest BCUT2D eigenvalue weighted by molar-refractivity contribution is -0.0258. The summed E-state index contributed by atoms with van der Waals surface area (Å²) >= 11 is 0. The zero-order valence-corrected chi connectivity index (χ0v) is 18.2. The fraction of sp³-hybridized carbons (Fsp3) is 0.696. The molecule has 1 N–H and O–H groups in total. The first-order chi connectivity index (χ1) is 13.3. The Labute approximate surface area is 169 Å². The van der Waals surface area contributed by atoms with Crippen molar-refractivity contribution >= 4 is 11.8 Å². The summed E-state index contributed by atoms with van der Waals surface area (Å²) in [5.41, 5.74) is 0.816. The number of rotatable bonds is 7. The van der Waals surface area contributed by atoms with Crippen molar-refractivity contribution < 1.29 is 14.3 Å². The third kappa shape index (κ3) is 3.38. The average molecular weight is 389 g/mol. The maximum absolute atomic E-state index is 12.8. The minimum Gasteiger partial charge on any atom is -0.495 e. The van der Waals surface area contributed by atoms with Crippen LogP contribution in [0.15, 0.2) is 24.3 Å². The van der Waals surface area contributed by atoms with Gasteiger partial charge in [0.2, 0.25) is 0 Å². The number of benzene rings is 1. The summed E-state index contributed by atoms with van der Waals surface area (Å²) in [6.07, 6.45) is 1.88. The zero-order valence-electron chi connectivity index (χ0n) is 18.2. The molecule has 2 saturated carbocycles. The third-order valence-corrected chi connectivity index (χ3v) is 7.85. The van der Waals surface area contributed by atoms with E-state index in [1.54, 1.807) is 7.11 Å². The fourth-order valence-corrected chi connectivity index (χ4v) is 5.73. The number of amides is 1. The number of nitrogens with one attached hydrogen (secondary N) is 1. The highest BCUT2D eigenvalue weighted by Gasteiger charge is 2.67. The second-order valence-electron chi connectivity index (χ2n) is 9.09. The Hall–Kier alpha value is -1.75. The van der Waals surface area contributed by atoms with Gasteiger partial charge in [-0.25, -0.2) is 4.79 Å². The maximum atomic E-state index is 12.8. The zero-order chi connectivity index (χ0) is 20.5. The van der Waals surface area contributed by atoms with Gasteiger partial charge in [0, 0.05) is 17.9 Å². The lowest BCUT2D eigenvalue weighted by atomic mass is 9.70. The highest BCUT2D eigenvalue weighted by atomic mass is 16.6. The Balaban J connectivity index is 1.80.